The second kappa shape index (κ2) is 7.05. The topological polar surface area (TPSA) is 66.9 Å². The molecule has 30 heavy (non-hydrogen) atoms. The first-order valence-corrected chi connectivity index (χ1v) is 11.8. The molecule has 5 nitrogen and oxygen atoms in total. The smallest absolute Gasteiger partial charge is 0.239 e. The van der Waals surface area contributed by atoms with Crippen LogP contribution in [0.5, 0.6) is 0 Å². The van der Waals surface area contributed by atoms with E-state index in [2.05, 4.69) is 38.8 Å². The lowest BCUT2D eigenvalue weighted by Gasteiger charge is -2.56. The molecule has 0 radical (unpaired) electrons. The number of hydrogen-bond acceptors (Lipinski definition) is 5. The van der Waals surface area contributed by atoms with Gasteiger partial charge in [-0.1, -0.05) is 30.3 Å². The van der Waals surface area contributed by atoms with E-state index in [0.29, 0.717) is 0 Å². The number of amides is 1. The molecular formula is C24H26N4OS. The first kappa shape index (κ1) is 18.3. The summed E-state index contributed by atoms with van der Waals surface area (Å²) in [6.45, 7) is 0.254. The number of hydrogen-bond donors (Lipinski definition) is 2. The minimum Gasteiger partial charge on any atom is -0.360 e. The Morgan fingerprint density at radius 2 is 1.73 bits per heavy atom. The van der Waals surface area contributed by atoms with Gasteiger partial charge >= 0.3 is 0 Å². The molecule has 0 aliphatic heterocycles. The number of anilines is 1. The standard InChI is InChI=1S/C24H26N4OS/c29-21(28-24-10-15-6-16(11-24)8-17(7-15)12-24)13-25-22-19-9-20(18-4-2-1-3-5-18)30-23(19)27-14-26-22/h1-5,9,14-17H,6-8,10-13H2,(H,28,29)(H,25,26,27). The summed E-state index contributed by atoms with van der Waals surface area (Å²) in [6.07, 6.45) is 9.25. The van der Waals surface area contributed by atoms with Gasteiger partial charge in [-0.15, -0.1) is 11.3 Å². The fourth-order valence-electron chi connectivity index (χ4n) is 6.51. The van der Waals surface area contributed by atoms with E-state index in [4.69, 9.17) is 0 Å². The van der Waals surface area contributed by atoms with Gasteiger partial charge in [0.2, 0.25) is 5.91 Å². The third-order valence-corrected chi connectivity index (χ3v) is 8.34. The Hall–Kier alpha value is -2.47. The zero-order valence-electron chi connectivity index (χ0n) is 16.9. The van der Waals surface area contributed by atoms with Crippen molar-refractivity contribution in [2.45, 2.75) is 44.1 Å². The van der Waals surface area contributed by atoms with E-state index in [-0.39, 0.29) is 18.0 Å². The summed E-state index contributed by atoms with van der Waals surface area (Å²) in [7, 11) is 0. The van der Waals surface area contributed by atoms with Crippen LogP contribution in [-0.2, 0) is 4.79 Å². The summed E-state index contributed by atoms with van der Waals surface area (Å²) < 4.78 is 0. The molecule has 7 rings (SSSR count). The Kier molecular flexibility index (Phi) is 4.30. The Morgan fingerprint density at radius 3 is 2.43 bits per heavy atom. The number of carbonyl (C=O) groups excluding carboxylic acids is 1. The van der Waals surface area contributed by atoms with Crippen molar-refractivity contribution in [3.8, 4) is 10.4 Å². The molecule has 154 valence electrons. The summed E-state index contributed by atoms with van der Waals surface area (Å²) in [4.78, 5) is 23.8. The van der Waals surface area contributed by atoms with Crippen LogP contribution in [-0.4, -0.2) is 28.0 Å². The predicted molar refractivity (Wildman–Crippen MR) is 120 cm³/mol. The zero-order valence-corrected chi connectivity index (χ0v) is 17.8. The maximum Gasteiger partial charge on any atom is 0.239 e. The summed E-state index contributed by atoms with van der Waals surface area (Å²) in [5.41, 5.74) is 1.23. The molecule has 6 heteroatoms. The van der Waals surface area contributed by atoms with E-state index in [9.17, 15) is 4.79 Å². The number of benzene rings is 1. The molecule has 4 fully saturated rings. The van der Waals surface area contributed by atoms with Crippen LogP contribution < -0.4 is 10.6 Å². The monoisotopic (exact) mass is 418 g/mol. The van der Waals surface area contributed by atoms with Crippen molar-refractivity contribution in [2.24, 2.45) is 17.8 Å². The van der Waals surface area contributed by atoms with E-state index in [1.807, 2.05) is 18.2 Å². The van der Waals surface area contributed by atoms with Crippen molar-refractivity contribution in [2.75, 3.05) is 11.9 Å². The molecule has 2 N–H and O–H groups in total. The Morgan fingerprint density at radius 1 is 1.03 bits per heavy atom. The summed E-state index contributed by atoms with van der Waals surface area (Å²) in [5, 5.41) is 7.69. The molecular weight excluding hydrogens is 392 g/mol. The zero-order chi connectivity index (χ0) is 20.1. The third kappa shape index (κ3) is 3.27. The lowest BCUT2D eigenvalue weighted by Crippen LogP contribution is -2.60. The average Bonchev–Trinajstić information content (AvgIpc) is 3.16. The molecule has 3 aromatic rings. The predicted octanol–water partition coefficient (Wildman–Crippen LogP) is 4.86. The maximum absolute atomic E-state index is 12.8. The number of carbonyl (C=O) groups is 1. The Balaban J connectivity index is 1.17. The minimum absolute atomic E-state index is 0.0529. The SMILES string of the molecule is O=C(CNc1ncnc2sc(-c3ccccc3)cc12)NC12CC3CC(CC(C3)C1)C2. The van der Waals surface area contributed by atoms with Gasteiger partial charge in [-0.2, -0.15) is 0 Å². The van der Waals surface area contributed by atoms with Crippen LogP contribution in [0, 0.1) is 17.8 Å². The quantitative estimate of drug-likeness (QED) is 0.621. The van der Waals surface area contributed by atoms with Gasteiger partial charge in [-0.3, -0.25) is 4.79 Å². The van der Waals surface area contributed by atoms with Crippen LogP contribution in [0.2, 0.25) is 0 Å². The minimum atomic E-state index is 0.0529. The molecule has 0 spiro atoms. The molecule has 0 unspecified atom stereocenters. The number of rotatable bonds is 5. The van der Waals surface area contributed by atoms with Crippen molar-refractivity contribution in [1.29, 1.82) is 0 Å². The summed E-state index contributed by atoms with van der Waals surface area (Å²) >= 11 is 1.65. The van der Waals surface area contributed by atoms with Crippen LogP contribution in [0.3, 0.4) is 0 Å². The lowest BCUT2D eigenvalue weighted by atomic mass is 9.53. The molecule has 0 saturated heterocycles. The second-order valence-corrected chi connectivity index (χ2v) is 10.5. The molecule has 4 bridgehead atoms. The van der Waals surface area contributed by atoms with E-state index >= 15 is 0 Å². The van der Waals surface area contributed by atoms with Crippen LogP contribution in [0.1, 0.15) is 38.5 Å². The highest BCUT2D eigenvalue weighted by atomic mass is 32.1. The fourth-order valence-corrected chi connectivity index (χ4v) is 7.51. The molecule has 2 heterocycles. The molecule has 2 aromatic heterocycles. The number of fused-ring (bicyclic) bond motifs is 1. The van der Waals surface area contributed by atoms with Gasteiger partial charge in [0, 0.05) is 10.4 Å². The van der Waals surface area contributed by atoms with E-state index in [1.165, 1.54) is 44.1 Å². The van der Waals surface area contributed by atoms with Crippen LogP contribution in [0.25, 0.3) is 20.7 Å². The van der Waals surface area contributed by atoms with Crippen LogP contribution >= 0.6 is 11.3 Å². The molecule has 4 aliphatic rings. The van der Waals surface area contributed by atoms with Crippen molar-refractivity contribution < 1.29 is 4.79 Å². The van der Waals surface area contributed by atoms with Crippen molar-refractivity contribution >= 4 is 33.3 Å². The maximum atomic E-state index is 12.8. The molecule has 4 aliphatic carbocycles. The van der Waals surface area contributed by atoms with Gasteiger partial charge in [0.15, 0.2) is 0 Å². The van der Waals surface area contributed by atoms with Gasteiger partial charge < -0.3 is 10.6 Å². The number of aromatic nitrogens is 2. The highest BCUT2D eigenvalue weighted by molar-refractivity contribution is 7.21. The van der Waals surface area contributed by atoms with E-state index in [0.717, 1.165) is 38.7 Å². The van der Waals surface area contributed by atoms with Gasteiger partial charge in [-0.05, 0) is 67.9 Å². The molecule has 1 aromatic carbocycles. The van der Waals surface area contributed by atoms with Gasteiger partial charge in [0.1, 0.15) is 17.0 Å². The van der Waals surface area contributed by atoms with Gasteiger partial charge in [-0.25, -0.2) is 9.97 Å². The van der Waals surface area contributed by atoms with Crippen LogP contribution in [0.15, 0.2) is 42.7 Å². The van der Waals surface area contributed by atoms with E-state index in [1.54, 1.807) is 17.7 Å². The Labute approximate surface area is 180 Å². The Bertz CT molecular complexity index is 1060. The van der Waals surface area contributed by atoms with Gasteiger partial charge in [0.25, 0.3) is 0 Å². The first-order chi connectivity index (χ1) is 14.7. The number of nitrogens with zero attached hydrogens (tertiary/aromatic N) is 2. The third-order valence-electron chi connectivity index (χ3n) is 7.25. The first-order valence-electron chi connectivity index (χ1n) is 11.0. The van der Waals surface area contributed by atoms with Gasteiger partial charge in [0.05, 0.1) is 11.9 Å². The lowest BCUT2D eigenvalue weighted by molar-refractivity contribution is -0.125. The normalized spacial score (nSPS) is 29.3. The molecule has 0 atom stereocenters. The van der Waals surface area contributed by atoms with Crippen molar-refractivity contribution in [1.82, 2.24) is 15.3 Å². The molecule has 4 saturated carbocycles. The van der Waals surface area contributed by atoms with Crippen molar-refractivity contribution in [3.63, 3.8) is 0 Å². The highest BCUT2D eigenvalue weighted by Gasteiger charge is 2.51. The molecule has 1 amide bonds. The second-order valence-electron chi connectivity index (χ2n) is 9.52. The van der Waals surface area contributed by atoms with Crippen LogP contribution in [0.4, 0.5) is 5.82 Å². The average molecular weight is 419 g/mol. The number of nitrogens with one attached hydrogen (secondary N) is 2. The summed E-state index contributed by atoms with van der Waals surface area (Å²) in [5.74, 6) is 3.30. The highest BCUT2D eigenvalue weighted by Crippen LogP contribution is 2.55. The van der Waals surface area contributed by atoms with Crippen molar-refractivity contribution in [3.05, 3.63) is 42.7 Å². The summed E-state index contributed by atoms with van der Waals surface area (Å²) in [6, 6.07) is 12.4. The number of thiophene rings is 1. The van der Waals surface area contributed by atoms with E-state index < -0.39 is 0 Å². The fraction of sp³-hybridized carbons (Fsp3) is 0.458. The largest absolute Gasteiger partial charge is 0.360 e.